The van der Waals surface area contributed by atoms with Gasteiger partial charge in [0, 0.05) is 19.0 Å². The molecule has 0 saturated carbocycles. The molecule has 0 aliphatic rings. The molecule has 0 saturated heterocycles. The zero-order valence-electron chi connectivity index (χ0n) is 8.39. The summed E-state index contributed by atoms with van der Waals surface area (Å²) in [6.07, 6.45) is 2.83. The minimum atomic E-state index is 0.958. The monoisotopic (exact) mass is 156 g/mol. The van der Waals surface area contributed by atoms with E-state index in [9.17, 15) is 0 Å². The summed E-state index contributed by atoms with van der Waals surface area (Å²) in [5.74, 6) is 0. The van der Waals surface area contributed by atoms with Crippen LogP contribution in [-0.2, 0) is 0 Å². The van der Waals surface area contributed by atoms with Gasteiger partial charge >= 0.3 is 0 Å². The lowest BCUT2D eigenvalue weighted by Gasteiger charge is -2.10. The van der Waals surface area contributed by atoms with Crippen molar-refractivity contribution in [3.63, 3.8) is 0 Å². The third-order valence-electron chi connectivity index (χ3n) is 0.990. The summed E-state index contributed by atoms with van der Waals surface area (Å²) < 4.78 is 0. The normalized spacial score (nSPS) is 8.82. The van der Waals surface area contributed by atoms with Crippen LogP contribution in [0.4, 0.5) is 0 Å². The smallest absolute Gasteiger partial charge is 0.0299 e. The van der Waals surface area contributed by atoms with Crippen LogP contribution in [0.2, 0.25) is 0 Å². The Hall–Kier alpha value is -0.790. The molecule has 0 aliphatic heterocycles. The van der Waals surface area contributed by atoms with Crippen LogP contribution in [0.15, 0.2) is 17.4 Å². The second kappa shape index (κ2) is 9.21. The Morgan fingerprint density at radius 2 is 2.00 bits per heavy atom. The highest BCUT2D eigenvalue weighted by atomic mass is 15.4. The highest BCUT2D eigenvalue weighted by Gasteiger charge is 1.86. The molecule has 0 heterocycles. The molecule has 0 amide bonds. The van der Waals surface area contributed by atoms with E-state index in [1.807, 2.05) is 34.0 Å². The molecule has 0 atom stereocenters. The number of hydrazone groups is 1. The molecule has 0 rings (SSSR count). The summed E-state index contributed by atoms with van der Waals surface area (Å²) in [5, 5.41) is 5.80. The molecule has 0 bridgehead atoms. The largest absolute Gasteiger partial charge is 0.274 e. The van der Waals surface area contributed by atoms with Crippen molar-refractivity contribution in [2.45, 2.75) is 34.1 Å². The molecule has 0 N–H and O–H groups in total. The van der Waals surface area contributed by atoms with E-state index in [1.165, 1.54) is 0 Å². The van der Waals surface area contributed by atoms with E-state index in [-0.39, 0.29) is 0 Å². The van der Waals surface area contributed by atoms with Gasteiger partial charge in [-0.1, -0.05) is 27.4 Å². The average Bonchev–Trinajstić information content (AvgIpc) is 2.03. The average molecular weight is 156 g/mol. The molecule has 2 nitrogen and oxygen atoms in total. The summed E-state index contributed by atoms with van der Waals surface area (Å²) in [6, 6.07) is 0. The molecule has 0 radical (unpaired) electrons. The second-order valence-corrected chi connectivity index (χ2v) is 1.97. The zero-order chi connectivity index (χ0) is 9.28. The summed E-state index contributed by atoms with van der Waals surface area (Å²) in [7, 11) is 1.88. The number of hydrogen-bond donors (Lipinski definition) is 0. The van der Waals surface area contributed by atoms with Gasteiger partial charge in [0.1, 0.15) is 0 Å². The molecule has 0 aliphatic carbocycles. The van der Waals surface area contributed by atoms with Crippen molar-refractivity contribution < 1.29 is 0 Å². The topological polar surface area (TPSA) is 15.6 Å². The van der Waals surface area contributed by atoms with Crippen molar-refractivity contribution in [2.24, 2.45) is 5.10 Å². The predicted octanol–water partition coefficient (Wildman–Crippen LogP) is 2.87. The van der Waals surface area contributed by atoms with Gasteiger partial charge in [-0.05, 0) is 13.3 Å². The molecular weight excluding hydrogens is 136 g/mol. The Morgan fingerprint density at radius 3 is 2.27 bits per heavy atom. The molecule has 11 heavy (non-hydrogen) atoms. The van der Waals surface area contributed by atoms with Gasteiger partial charge in [0.15, 0.2) is 0 Å². The molecule has 0 aromatic carbocycles. The fourth-order valence-electron chi connectivity index (χ4n) is 0.303. The van der Waals surface area contributed by atoms with Crippen molar-refractivity contribution in [3.8, 4) is 0 Å². The van der Waals surface area contributed by atoms with Crippen LogP contribution >= 0.6 is 0 Å². The number of hydrogen-bond acceptors (Lipinski definition) is 2. The molecule has 66 valence electrons. The first kappa shape index (κ1) is 12.8. The van der Waals surface area contributed by atoms with E-state index < -0.39 is 0 Å². The first-order valence-corrected chi connectivity index (χ1v) is 4.10. The third-order valence-corrected chi connectivity index (χ3v) is 0.990. The zero-order valence-corrected chi connectivity index (χ0v) is 8.39. The quantitative estimate of drug-likeness (QED) is 0.453. The summed E-state index contributed by atoms with van der Waals surface area (Å²) in [4.78, 5) is 0. The standard InChI is InChI=1S/C7H14N2.C2H6/c1-5-6-8-9(4)7(2)3;1-2/h6H,2,5H2,1,3-4H3;1-2H3/b8-6-;. The van der Waals surface area contributed by atoms with Crippen LogP contribution in [0, 0.1) is 0 Å². The first-order valence-electron chi connectivity index (χ1n) is 4.10. The lowest BCUT2D eigenvalue weighted by molar-refractivity contribution is 0.451. The third kappa shape index (κ3) is 9.21. The fraction of sp³-hybridized carbons (Fsp3) is 0.667. The van der Waals surface area contributed by atoms with Gasteiger partial charge in [-0.3, -0.25) is 5.01 Å². The van der Waals surface area contributed by atoms with Crippen LogP contribution < -0.4 is 0 Å². The van der Waals surface area contributed by atoms with Gasteiger partial charge in [0.05, 0.1) is 0 Å². The molecule has 0 aromatic heterocycles. The number of nitrogens with zero attached hydrogens (tertiary/aromatic N) is 2. The summed E-state index contributed by atoms with van der Waals surface area (Å²) in [6.45, 7) is 11.7. The molecule has 0 fully saturated rings. The van der Waals surface area contributed by atoms with E-state index in [1.54, 1.807) is 5.01 Å². The Morgan fingerprint density at radius 1 is 1.55 bits per heavy atom. The maximum absolute atomic E-state index is 4.05. The molecular formula is C9H20N2. The maximum atomic E-state index is 4.05. The Bertz CT molecular complexity index is 117. The van der Waals surface area contributed by atoms with Gasteiger partial charge in [0.25, 0.3) is 0 Å². The summed E-state index contributed by atoms with van der Waals surface area (Å²) in [5.41, 5.74) is 0.958. The van der Waals surface area contributed by atoms with Crippen molar-refractivity contribution in [3.05, 3.63) is 12.3 Å². The second-order valence-electron chi connectivity index (χ2n) is 1.97. The van der Waals surface area contributed by atoms with Crippen molar-refractivity contribution in [1.82, 2.24) is 5.01 Å². The lowest BCUT2D eigenvalue weighted by Crippen LogP contribution is -2.06. The van der Waals surface area contributed by atoms with Crippen molar-refractivity contribution in [2.75, 3.05) is 7.05 Å². The Labute approximate surface area is 70.6 Å². The summed E-state index contributed by atoms with van der Waals surface area (Å²) >= 11 is 0. The number of allylic oxidation sites excluding steroid dienone is 1. The highest BCUT2D eigenvalue weighted by Crippen LogP contribution is 1.94. The first-order chi connectivity index (χ1) is 5.18. The molecule has 0 aromatic rings. The van der Waals surface area contributed by atoms with Gasteiger partial charge in [-0.25, -0.2) is 0 Å². The van der Waals surface area contributed by atoms with Gasteiger partial charge in [0.2, 0.25) is 0 Å². The SMILES string of the molecule is C=C(C)N(C)/N=C\CC.CC. The van der Waals surface area contributed by atoms with Crippen molar-refractivity contribution >= 4 is 6.21 Å². The van der Waals surface area contributed by atoms with Crippen LogP contribution in [0.1, 0.15) is 34.1 Å². The lowest BCUT2D eigenvalue weighted by atomic mass is 10.5. The fourth-order valence-corrected chi connectivity index (χ4v) is 0.303. The minimum absolute atomic E-state index is 0.958. The van der Waals surface area contributed by atoms with Crippen LogP contribution in [0.5, 0.6) is 0 Å². The highest BCUT2D eigenvalue weighted by molar-refractivity contribution is 5.56. The van der Waals surface area contributed by atoms with E-state index in [0.29, 0.717) is 0 Å². The van der Waals surface area contributed by atoms with E-state index in [0.717, 1.165) is 12.1 Å². The van der Waals surface area contributed by atoms with E-state index in [2.05, 4.69) is 18.6 Å². The molecule has 0 spiro atoms. The predicted molar refractivity (Wildman–Crippen MR) is 52.7 cm³/mol. The molecule has 2 heteroatoms. The van der Waals surface area contributed by atoms with Crippen molar-refractivity contribution in [1.29, 1.82) is 0 Å². The maximum Gasteiger partial charge on any atom is 0.0299 e. The minimum Gasteiger partial charge on any atom is -0.274 e. The van der Waals surface area contributed by atoms with E-state index in [4.69, 9.17) is 0 Å². The van der Waals surface area contributed by atoms with Gasteiger partial charge < -0.3 is 0 Å². The van der Waals surface area contributed by atoms with Crippen LogP contribution in [0.25, 0.3) is 0 Å². The molecule has 0 unspecified atom stereocenters. The number of rotatable bonds is 3. The van der Waals surface area contributed by atoms with Crippen LogP contribution in [-0.4, -0.2) is 18.3 Å². The van der Waals surface area contributed by atoms with Crippen LogP contribution in [0.3, 0.4) is 0 Å². The van der Waals surface area contributed by atoms with Gasteiger partial charge in [-0.15, -0.1) is 0 Å². The Balaban J connectivity index is 0. The van der Waals surface area contributed by atoms with E-state index >= 15 is 0 Å². The Kier molecular flexibility index (Phi) is 10.8. The van der Waals surface area contributed by atoms with Gasteiger partial charge in [-0.2, -0.15) is 5.10 Å².